The van der Waals surface area contributed by atoms with E-state index in [2.05, 4.69) is 20.7 Å². The lowest BCUT2D eigenvalue weighted by atomic mass is 10.2. The summed E-state index contributed by atoms with van der Waals surface area (Å²) in [5.41, 5.74) is 0. The molecule has 6 nitrogen and oxygen atoms in total. The number of carboxylic acids is 1. The minimum absolute atomic E-state index is 0.00738. The van der Waals surface area contributed by atoms with E-state index in [0.29, 0.717) is 6.07 Å². The molecule has 2 N–H and O–H groups in total. The molecule has 0 saturated heterocycles. The number of halogens is 3. The standard InChI is InChI=1S/C11H12BrF2NO5S/c1-20-3-2-9(11(16)17)15-21(18,19)10-7(12)4-6(13)5-8(10)14/h4-5,9,15H,2-3H2,1H3,(H,16,17). The maximum atomic E-state index is 13.6. The fourth-order valence-corrected chi connectivity index (χ4v) is 3.89. The van der Waals surface area contributed by atoms with Crippen molar-refractivity contribution in [2.75, 3.05) is 13.7 Å². The molecule has 0 aliphatic heterocycles. The first kappa shape index (κ1) is 18.0. The van der Waals surface area contributed by atoms with Crippen LogP contribution >= 0.6 is 15.9 Å². The minimum atomic E-state index is -4.49. The molecule has 1 rings (SSSR count). The number of carboxylic acid groups (broad SMARTS) is 1. The first-order chi connectivity index (χ1) is 9.69. The summed E-state index contributed by atoms with van der Waals surface area (Å²) < 4.78 is 56.9. The summed E-state index contributed by atoms with van der Waals surface area (Å²) >= 11 is 2.74. The highest BCUT2D eigenvalue weighted by Crippen LogP contribution is 2.26. The summed E-state index contributed by atoms with van der Waals surface area (Å²) in [6.07, 6.45) is -0.147. The fraction of sp³-hybridized carbons (Fsp3) is 0.364. The van der Waals surface area contributed by atoms with Crippen LogP contribution < -0.4 is 4.72 Å². The van der Waals surface area contributed by atoms with Gasteiger partial charge in [-0.15, -0.1) is 0 Å². The van der Waals surface area contributed by atoms with Crippen molar-refractivity contribution >= 4 is 31.9 Å². The van der Waals surface area contributed by atoms with Crippen molar-refractivity contribution < 1.29 is 31.8 Å². The largest absolute Gasteiger partial charge is 0.480 e. The summed E-state index contributed by atoms with van der Waals surface area (Å²) in [6.45, 7) is -0.00738. The Hall–Kier alpha value is -1.10. The molecular weight excluding hydrogens is 376 g/mol. The van der Waals surface area contributed by atoms with Gasteiger partial charge in [0.25, 0.3) is 0 Å². The van der Waals surface area contributed by atoms with E-state index in [1.807, 2.05) is 4.72 Å². The smallest absolute Gasteiger partial charge is 0.321 e. The number of carbonyl (C=O) groups is 1. The molecule has 0 aliphatic rings. The summed E-state index contributed by atoms with van der Waals surface area (Å²) in [5, 5.41) is 8.94. The molecule has 0 bridgehead atoms. The summed E-state index contributed by atoms with van der Waals surface area (Å²) in [4.78, 5) is 10.1. The molecule has 1 aromatic carbocycles. The van der Waals surface area contributed by atoms with Gasteiger partial charge in [-0.2, -0.15) is 4.72 Å². The van der Waals surface area contributed by atoms with E-state index in [1.165, 1.54) is 7.11 Å². The molecule has 0 aliphatic carbocycles. The van der Waals surface area contributed by atoms with Gasteiger partial charge in [-0.1, -0.05) is 0 Å². The average molecular weight is 388 g/mol. The van der Waals surface area contributed by atoms with E-state index >= 15 is 0 Å². The molecule has 0 amide bonds. The lowest BCUT2D eigenvalue weighted by molar-refractivity contribution is -0.139. The third-order valence-electron chi connectivity index (χ3n) is 2.44. The predicted octanol–water partition coefficient (Wildman–Crippen LogP) is 1.50. The van der Waals surface area contributed by atoms with Crippen molar-refractivity contribution in [1.29, 1.82) is 0 Å². The fourth-order valence-electron chi connectivity index (χ4n) is 1.50. The molecule has 0 heterocycles. The highest BCUT2D eigenvalue weighted by atomic mass is 79.9. The van der Waals surface area contributed by atoms with Gasteiger partial charge in [-0.05, 0) is 28.4 Å². The number of sulfonamides is 1. The van der Waals surface area contributed by atoms with Gasteiger partial charge in [0, 0.05) is 24.3 Å². The van der Waals surface area contributed by atoms with Crippen molar-refractivity contribution in [3.8, 4) is 0 Å². The Labute approximate surface area is 128 Å². The van der Waals surface area contributed by atoms with Crippen LogP contribution in [-0.4, -0.2) is 39.3 Å². The second-order valence-corrected chi connectivity index (χ2v) is 6.50. The highest BCUT2D eigenvalue weighted by molar-refractivity contribution is 9.10. The van der Waals surface area contributed by atoms with Gasteiger partial charge in [0.2, 0.25) is 10.0 Å². The Bertz CT molecular complexity index is 614. The summed E-state index contributed by atoms with van der Waals surface area (Å²) in [6, 6.07) is -0.335. The Kier molecular flexibility index (Phi) is 6.20. The van der Waals surface area contributed by atoms with Crippen LogP contribution in [0.15, 0.2) is 21.5 Å². The van der Waals surface area contributed by atoms with Gasteiger partial charge >= 0.3 is 5.97 Å². The summed E-state index contributed by atoms with van der Waals surface area (Å²) in [7, 11) is -3.16. The quantitative estimate of drug-likeness (QED) is 0.739. The van der Waals surface area contributed by atoms with Crippen LogP contribution in [0, 0.1) is 11.6 Å². The van der Waals surface area contributed by atoms with Gasteiger partial charge < -0.3 is 9.84 Å². The van der Waals surface area contributed by atoms with Gasteiger partial charge in [0.15, 0.2) is 0 Å². The van der Waals surface area contributed by atoms with Crippen LogP contribution in [-0.2, 0) is 19.6 Å². The Morgan fingerprint density at radius 1 is 1.48 bits per heavy atom. The Balaban J connectivity index is 3.14. The van der Waals surface area contributed by atoms with Gasteiger partial charge in [0.1, 0.15) is 22.6 Å². The van der Waals surface area contributed by atoms with Crippen LogP contribution in [0.2, 0.25) is 0 Å². The zero-order valence-electron chi connectivity index (χ0n) is 10.8. The first-order valence-electron chi connectivity index (χ1n) is 5.57. The lowest BCUT2D eigenvalue weighted by Gasteiger charge is -2.15. The van der Waals surface area contributed by atoms with E-state index in [9.17, 15) is 22.0 Å². The maximum Gasteiger partial charge on any atom is 0.321 e. The molecule has 118 valence electrons. The van der Waals surface area contributed by atoms with E-state index in [4.69, 9.17) is 5.11 Å². The monoisotopic (exact) mass is 387 g/mol. The zero-order valence-corrected chi connectivity index (χ0v) is 13.2. The number of hydrogen-bond donors (Lipinski definition) is 2. The topological polar surface area (TPSA) is 92.7 Å². The molecule has 0 radical (unpaired) electrons. The van der Waals surface area contributed by atoms with Crippen LogP contribution in [0.3, 0.4) is 0 Å². The van der Waals surface area contributed by atoms with E-state index < -0.39 is 38.6 Å². The number of nitrogens with one attached hydrogen (secondary N) is 1. The number of hydrogen-bond acceptors (Lipinski definition) is 4. The second kappa shape index (κ2) is 7.25. The van der Waals surface area contributed by atoms with Crippen molar-refractivity contribution in [3.05, 3.63) is 28.2 Å². The summed E-state index contributed by atoms with van der Waals surface area (Å²) in [5.74, 6) is -3.73. The normalized spacial score (nSPS) is 13.1. The Morgan fingerprint density at radius 2 is 2.10 bits per heavy atom. The van der Waals surface area contributed by atoms with Crippen molar-refractivity contribution in [2.45, 2.75) is 17.4 Å². The van der Waals surface area contributed by atoms with Crippen LogP contribution in [0.1, 0.15) is 6.42 Å². The van der Waals surface area contributed by atoms with Crippen LogP contribution in [0.4, 0.5) is 8.78 Å². The average Bonchev–Trinajstić information content (AvgIpc) is 2.32. The minimum Gasteiger partial charge on any atom is -0.480 e. The molecule has 1 atom stereocenters. The SMILES string of the molecule is COCCC(NS(=O)(=O)c1c(F)cc(F)cc1Br)C(=O)O. The molecule has 0 saturated carbocycles. The molecular formula is C11H12BrF2NO5S. The van der Waals surface area contributed by atoms with Gasteiger partial charge in [0.05, 0.1) is 0 Å². The molecule has 1 aromatic rings. The molecule has 0 fully saturated rings. The number of ether oxygens (including phenoxy) is 1. The van der Waals surface area contributed by atoms with Gasteiger partial charge in [-0.3, -0.25) is 4.79 Å². The van der Waals surface area contributed by atoms with E-state index in [0.717, 1.165) is 6.07 Å². The van der Waals surface area contributed by atoms with Crippen molar-refractivity contribution in [1.82, 2.24) is 4.72 Å². The van der Waals surface area contributed by atoms with Crippen LogP contribution in [0.5, 0.6) is 0 Å². The number of benzene rings is 1. The number of methoxy groups -OCH3 is 1. The van der Waals surface area contributed by atoms with Crippen molar-refractivity contribution in [2.24, 2.45) is 0 Å². The second-order valence-electron chi connectivity index (χ2n) is 3.99. The van der Waals surface area contributed by atoms with E-state index in [-0.39, 0.29) is 17.5 Å². The Morgan fingerprint density at radius 3 is 2.57 bits per heavy atom. The number of rotatable bonds is 7. The zero-order chi connectivity index (χ0) is 16.2. The molecule has 1 unspecified atom stereocenters. The maximum absolute atomic E-state index is 13.6. The molecule has 21 heavy (non-hydrogen) atoms. The first-order valence-corrected chi connectivity index (χ1v) is 7.85. The third-order valence-corrected chi connectivity index (χ3v) is 4.87. The van der Waals surface area contributed by atoms with Gasteiger partial charge in [-0.25, -0.2) is 17.2 Å². The highest BCUT2D eigenvalue weighted by Gasteiger charge is 2.29. The molecule has 10 heteroatoms. The van der Waals surface area contributed by atoms with E-state index in [1.54, 1.807) is 0 Å². The van der Waals surface area contributed by atoms with Crippen LogP contribution in [0.25, 0.3) is 0 Å². The van der Waals surface area contributed by atoms with Crippen molar-refractivity contribution in [3.63, 3.8) is 0 Å². The molecule has 0 aromatic heterocycles. The third kappa shape index (κ3) is 4.70. The lowest BCUT2D eigenvalue weighted by Crippen LogP contribution is -2.41. The number of aliphatic carboxylic acids is 1. The molecule has 0 spiro atoms. The predicted molar refractivity (Wildman–Crippen MR) is 72.3 cm³/mol.